The van der Waals surface area contributed by atoms with E-state index in [1.54, 1.807) is 17.7 Å². The summed E-state index contributed by atoms with van der Waals surface area (Å²) in [5, 5.41) is 3.04. The fourth-order valence-corrected chi connectivity index (χ4v) is 4.52. The lowest BCUT2D eigenvalue weighted by atomic mass is 9.85. The molecule has 0 aromatic carbocycles. The minimum absolute atomic E-state index is 0.110. The summed E-state index contributed by atoms with van der Waals surface area (Å²) in [7, 11) is 0. The molecule has 2 aromatic heterocycles. The van der Waals surface area contributed by atoms with Crippen molar-refractivity contribution in [3.8, 4) is 0 Å². The Hall–Kier alpha value is -1.95. The molecular formula is C19H23N3O2S. The molecule has 0 spiro atoms. The van der Waals surface area contributed by atoms with Gasteiger partial charge >= 0.3 is 5.97 Å². The maximum absolute atomic E-state index is 12.7. The monoisotopic (exact) mass is 357 g/mol. The molecule has 2 aromatic rings. The fraction of sp³-hybridized carbons (Fsp3) is 0.526. The first-order chi connectivity index (χ1) is 12.2. The average molecular weight is 357 g/mol. The van der Waals surface area contributed by atoms with Crippen LogP contribution in [0.15, 0.2) is 29.9 Å². The van der Waals surface area contributed by atoms with Crippen molar-refractivity contribution in [1.29, 1.82) is 0 Å². The third-order valence-electron chi connectivity index (χ3n) is 5.40. The maximum atomic E-state index is 12.7. The normalized spacial score (nSPS) is 26.3. The minimum Gasteiger partial charge on any atom is -0.464 e. The van der Waals surface area contributed by atoms with Gasteiger partial charge in [0.1, 0.15) is 23.0 Å². The van der Waals surface area contributed by atoms with Crippen LogP contribution in [0.5, 0.6) is 0 Å². The van der Waals surface area contributed by atoms with Crippen molar-refractivity contribution in [2.75, 3.05) is 18.1 Å². The summed E-state index contributed by atoms with van der Waals surface area (Å²) in [4.78, 5) is 24.6. The van der Waals surface area contributed by atoms with E-state index in [0.717, 1.165) is 48.3 Å². The van der Waals surface area contributed by atoms with Gasteiger partial charge in [0, 0.05) is 6.54 Å². The van der Waals surface area contributed by atoms with Crippen molar-refractivity contribution in [3.63, 3.8) is 0 Å². The van der Waals surface area contributed by atoms with E-state index < -0.39 is 0 Å². The number of allylic oxidation sites excluding steroid dienone is 2. The van der Waals surface area contributed by atoms with E-state index in [4.69, 9.17) is 4.74 Å². The van der Waals surface area contributed by atoms with Crippen LogP contribution < -0.4 is 4.90 Å². The highest BCUT2D eigenvalue weighted by Gasteiger charge is 2.34. The average Bonchev–Trinajstić information content (AvgIpc) is 3.29. The number of aromatic nitrogens is 2. The zero-order valence-electron chi connectivity index (χ0n) is 14.4. The van der Waals surface area contributed by atoms with Crippen LogP contribution in [0.3, 0.4) is 0 Å². The third-order valence-corrected chi connectivity index (χ3v) is 6.22. The molecule has 3 atom stereocenters. The third kappa shape index (κ3) is 3.27. The minimum atomic E-state index is -0.229. The summed E-state index contributed by atoms with van der Waals surface area (Å²) in [6, 6.07) is 1.80. The lowest BCUT2D eigenvalue weighted by molar-refractivity contribution is -0.146. The first kappa shape index (κ1) is 16.5. The maximum Gasteiger partial charge on any atom is 0.328 e. The number of fused-ring (bicyclic) bond motifs is 1. The van der Waals surface area contributed by atoms with Gasteiger partial charge in [0.2, 0.25) is 0 Å². The van der Waals surface area contributed by atoms with Gasteiger partial charge < -0.3 is 9.64 Å². The van der Waals surface area contributed by atoms with Crippen molar-refractivity contribution in [3.05, 3.63) is 29.9 Å². The van der Waals surface area contributed by atoms with E-state index in [-0.39, 0.29) is 12.0 Å². The first-order valence-electron chi connectivity index (χ1n) is 9.00. The number of hydrogen-bond donors (Lipinski definition) is 0. The Morgan fingerprint density at radius 2 is 2.24 bits per heavy atom. The smallest absolute Gasteiger partial charge is 0.328 e. The highest BCUT2D eigenvalue weighted by atomic mass is 32.1. The molecular weight excluding hydrogens is 334 g/mol. The molecule has 4 rings (SSSR count). The number of esters is 1. The van der Waals surface area contributed by atoms with E-state index in [1.165, 1.54) is 0 Å². The summed E-state index contributed by atoms with van der Waals surface area (Å²) in [6.07, 6.45) is 9.91. The first-order valence-corrected chi connectivity index (χ1v) is 9.88. The predicted molar refractivity (Wildman–Crippen MR) is 99.8 cm³/mol. The zero-order chi connectivity index (χ0) is 17.2. The Kier molecular flexibility index (Phi) is 4.70. The standard InChI is InChI=1S/C19H23N3O2S/c1-13-5-2-3-6-14(13)11-24-19(23)16-7-4-9-22(16)17-15-8-10-25-18(15)21-12-20-17/h2-3,8,10,12-14,16H,4-7,9,11H2,1H3. The van der Waals surface area contributed by atoms with E-state index >= 15 is 0 Å². The van der Waals surface area contributed by atoms with Gasteiger partial charge in [-0.05, 0) is 49.0 Å². The number of nitrogens with zero attached hydrogens (tertiary/aromatic N) is 3. The molecule has 3 heterocycles. The van der Waals surface area contributed by atoms with Gasteiger partial charge in [-0.1, -0.05) is 19.1 Å². The van der Waals surface area contributed by atoms with Crippen LogP contribution >= 0.6 is 11.3 Å². The van der Waals surface area contributed by atoms with Crippen molar-refractivity contribution in [2.45, 2.75) is 38.6 Å². The Morgan fingerprint density at radius 3 is 3.12 bits per heavy atom. The topological polar surface area (TPSA) is 55.3 Å². The Bertz CT molecular complexity index is 788. The van der Waals surface area contributed by atoms with Gasteiger partial charge in [0.15, 0.2) is 0 Å². The van der Waals surface area contributed by atoms with Crippen molar-refractivity contribution >= 4 is 33.3 Å². The Balaban J connectivity index is 1.47. The van der Waals surface area contributed by atoms with Crippen LogP contribution in [0.25, 0.3) is 10.2 Å². The Morgan fingerprint density at radius 1 is 1.36 bits per heavy atom. The molecule has 2 aliphatic rings. The second kappa shape index (κ2) is 7.12. The SMILES string of the molecule is CC1CC=CCC1COC(=O)C1CCCN1c1ncnc2sccc12. The molecule has 0 N–H and O–H groups in total. The summed E-state index contributed by atoms with van der Waals surface area (Å²) in [5.41, 5.74) is 0. The highest BCUT2D eigenvalue weighted by Crippen LogP contribution is 2.32. The molecule has 1 fully saturated rings. The lowest BCUT2D eigenvalue weighted by Crippen LogP contribution is -2.39. The quantitative estimate of drug-likeness (QED) is 0.615. The molecule has 25 heavy (non-hydrogen) atoms. The molecule has 0 saturated carbocycles. The van der Waals surface area contributed by atoms with E-state index in [1.807, 2.05) is 11.4 Å². The molecule has 0 bridgehead atoms. The van der Waals surface area contributed by atoms with Crippen LogP contribution in [0, 0.1) is 11.8 Å². The van der Waals surface area contributed by atoms with E-state index in [0.29, 0.717) is 18.4 Å². The number of hydrogen-bond acceptors (Lipinski definition) is 6. The second-order valence-corrected chi connectivity index (χ2v) is 7.89. The van der Waals surface area contributed by atoms with Crippen molar-refractivity contribution < 1.29 is 9.53 Å². The van der Waals surface area contributed by atoms with Gasteiger partial charge in [0.25, 0.3) is 0 Å². The number of thiophene rings is 1. The number of rotatable bonds is 4. The summed E-state index contributed by atoms with van der Waals surface area (Å²) < 4.78 is 5.73. The molecule has 1 saturated heterocycles. The molecule has 5 nitrogen and oxygen atoms in total. The highest BCUT2D eigenvalue weighted by molar-refractivity contribution is 7.16. The zero-order valence-corrected chi connectivity index (χ0v) is 15.2. The van der Waals surface area contributed by atoms with Gasteiger partial charge in [-0.25, -0.2) is 14.8 Å². The molecule has 1 aliphatic carbocycles. The van der Waals surface area contributed by atoms with Crippen LogP contribution in [-0.4, -0.2) is 35.1 Å². The molecule has 3 unspecified atom stereocenters. The number of carbonyl (C=O) groups excluding carboxylic acids is 1. The molecule has 132 valence electrons. The van der Waals surface area contributed by atoms with Gasteiger partial charge in [0.05, 0.1) is 12.0 Å². The van der Waals surface area contributed by atoms with Crippen LogP contribution in [-0.2, 0) is 9.53 Å². The van der Waals surface area contributed by atoms with Gasteiger partial charge in [-0.3, -0.25) is 0 Å². The fourth-order valence-electron chi connectivity index (χ4n) is 3.80. The largest absolute Gasteiger partial charge is 0.464 e. The van der Waals surface area contributed by atoms with Crippen LogP contribution in [0.2, 0.25) is 0 Å². The van der Waals surface area contributed by atoms with E-state index in [2.05, 4.69) is 33.9 Å². The summed E-state index contributed by atoms with van der Waals surface area (Å²) in [5.74, 6) is 1.76. The summed E-state index contributed by atoms with van der Waals surface area (Å²) in [6.45, 7) is 3.59. The van der Waals surface area contributed by atoms with Gasteiger partial charge in [-0.15, -0.1) is 11.3 Å². The van der Waals surface area contributed by atoms with Crippen molar-refractivity contribution in [1.82, 2.24) is 9.97 Å². The van der Waals surface area contributed by atoms with Crippen LogP contribution in [0.1, 0.15) is 32.6 Å². The Labute approximate surface area is 151 Å². The van der Waals surface area contributed by atoms with E-state index in [9.17, 15) is 4.79 Å². The van der Waals surface area contributed by atoms with Crippen molar-refractivity contribution in [2.24, 2.45) is 11.8 Å². The number of carbonyl (C=O) groups is 1. The number of anilines is 1. The second-order valence-electron chi connectivity index (χ2n) is 7.00. The summed E-state index contributed by atoms with van der Waals surface area (Å²) >= 11 is 1.60. The predicted octanol–water partition coefficient (Wildman–Crippen LogP) is 3.81. The van der Waals surface area contributed by atoms with Crippen LogP contribution in [0.4, 0.5) is 5.82 Å². The van der Waals surface area contributed by atoms with Gasteiger partial charge in [-0.2, -0.15) is 0 Å². The molecule has 0 amide bonds. The molecule has 0 radical (unpaired) electrons. The molecule has 1 aliphatic heterocycles. The molecule has 6 heteroatoms. The number of ether oxygens (including phenoxy) is 1. The lowest BCUT2D eigenvalue weighted by Gasteiger charge is -2.28.